The van der Waals surface area contributed by atoms with E-state index >= 15 is 0 Å². The number of carboxylic acid groups (broad SMARTS) is 1. The molecule has 4 aliphatic carbocycles. The third kappa shape index (κ3) is 5.65. The molecule has 3 N–H and O–H groups in total. The molecule has 0 unspecified atom stereocenters. The van der Waals surface area contributed by atoms with E-state index in [-0.39, 0.29) is 47.4 Å². The molecule has 4 fully saturated rings. The standard InChI is InChI=1S/C31H48N2O6/c1-29(2)17-19(11-14-38-29)25(16-28(36)37)32-27(35)18-39-33-21-9-12-30(3)20(15-21)5-6-22-23-7-8-26(34)31(23,4)13-10-24(22)30/h15,19,22-26,34H,5-14,16-18H2,1-4H3,(H,32,35)(H,36,37)/b33-21+/t19-,22+,23+,24-,25+,26+,30-,31-/m0/s1. The van der Waals surface area contributed by atoms with Crippen LogP contribution >= 0.6 is 0 Å². The van der Waals surface area contributed by atoms with Gasteiger partial charge in [0.15, 0.2) is 6.61 Å². The number of amides is 1. The fraction of sp³-hybridized carbons (Fsp3) is 0.839. The molecule has 0 spiro atoms. The van der Waals surface area contributed by atoms with E-state index in [4.69, 9.17) is 9.57 Å². The Hall–Kier alpha value is -1.93. The van der Waals surface area contributed by atoms with Gasteiger partial charge in [0, 0.05) is 12.6 Å². The van der Waals surface area contributed by atoms with Crippen LogP contribution in [-0.4, -0.2) is 58.8 Å². The number of carboxylic acids is 1. The van der Waals surface area contributed by atoms with Crippen LogP contribution in [0.1, 0.15) is 98.3 Å². The molecule has 5 rings (SSSR count). The van der Waals surface area contributed by atoms with Gasteiger partial charge in [-0.05, 0) is 119 Å². The van der Waals surface area contributed by atoms with Gasteiger partial charge >= 0.3 is 5.97 Å². The molecule has 8 nitrogen and oxygen atoms in total. The second-order valence-corrected chi connectivity index (χ2v) is 14.1. The molecule has 1 heterocycles. The number of hydrogen-bond acceptors (Lipinski definition) is 6. The Kier molecular flexibility index (Phi) is 7.92. The number of nitrogens with zero attached hydrogens (tertiary/aromatic N) is 1. The second-order valence-electron chi connectivity index (χ2n) is 14.1. The number of carbonyl (C=O) groups excluding carboxylic acids is 1. The molecule has 0 aromatic heterocycles. The van der Waals surface area contributed by atoms with Crippen LogP contribution in [0.5, 0.6) is 0 Å². The van der Waals surface area contributed by atoms with Gasteiger partial charge in [0.05, 0.1) is 23.8 Å². The van der Waals surface area contributed by atoms with E-state index in [9.17, 15) is 19.8 Å². The highest BCUT2D eigenvalue weighted by Crippen LogP contribution is 2.65. The Morgan fingerprint density at radius 1 is 1.10 bits per heavy atom. The maximum atomic E-state index is 12.7. The van der Waals surface area contributed by atoms with Crippen molar-refractivity contribution in [2.75, 3.05) is 13.2 Å². The lowest BCUT2D eigenvalue weighted by Crippen LogP contribution is -2.51. The summed E-state index contributed by atoms with van der Waals surface area (Å²) in [5.41, 5.74) is 2.30. The Morgan fingerprint density at radius 2 is 1.90 bits per heavy atom. The van der Waals surface area contributed by atoms with Gasteiger partial charge in [-0.3, -0.25) is 9.59 Å². The van der Waals surface area contributed by atoms with Crippen molar-refractivity contribution in [2.24, 2.45) is 39.7 Å². The van der Waals surface area contributed by atoms with E-state index in [0.717, 1.165) is 50.7 Å². The molecule has 1 saturated heterocycles. The predicted octanol–water partition coefficient (Wildman–Crippen LogP) is 4.85. The molecular weight excluding hydrogens is 496 g/mol. The lowest BCUT2D eigenvalue weighted by atomic mass is 9.47. The molecule has 3 saturated carbocycles. The summed E-state index contributed by atoms with van der Waals surface area (Å²) in [7, 11) is 0. The van der Waals surface area contributed by atoms with E-state index in [0.29, 0.717) is 30.8 Å². The first-order chi connectivity index (χ1) is 18.4. The smallest absolute Gasteiger partial charge is 0.305 e. The largest absolute Gasteiger partial charge is 0.481 e. The average molecular weight is 545 g/mol. The van der Waals surface area contributed by atoms with Crippen LogP contribution in [0, 0.1) is 34.5 Å². The van der Waals surface area contributed by atoms with Crippen molar-refractivity contribution in [2.45, 2.75) is 116 Å². The third-order valence-corrected chi connectivity index (χ3v) is 11.3. The summed E-state index contributed by atoms with van der Waals surface area (Å²) in [6, 6.07) is -0.458. The van der Waals surface area contributed by atoms with E-state index in [1.165, 1.54) is 18.4 Å². The van der Waals surface area contributed by atoms with E-state index in [2.05, 4.69) is 30.4 Å². The highest BCUT2D eigenvalue weighted by atomic mass is 16.6. The number of ether oxygens (including phenoxy) is 1. The molecule has 5 aliphatic rings. The number of fused-ring (bicyclic) bond motifs is 5. The number of aliphatic carboxylic acids is 1. The van der Waals surface area contributed by atoms with Gasteiger partial charge in [-0.15, -0.1) is 0 Å². The highest BCUT2D eigenvalue weighted by Gasteiger charge is 2.58. The summed E-state index contributed by atoms with van der Waals surface area (Å²) < 4.78 is 5.77. The van der Waals surface area contributed by atoms with E-state index < -0.39 is 12.0 Å². The number of hydrogen-bond donors (Lipinski definition) is 3. The first-order valence-electron chi connectivity index (χ1n) is 15.1. The van der Waals surface area contributed by atoms with Gasteiger partial charge in [-0.2, -0.15) is 0 Å². The maximum absolute atomic E-state index is 12.7. The first kappa shape index (κ1) is 28.6. The van der Waals surface area contributed by atoms with Gasteiger partial charge in [0.25, 0.3) is 5.91 Å². The van der Waals surface area contributed by atoms with Gasteiger partial charge in [0.2, 0.25) is 0 Å². The normalized spacial score (nSPS) is 41.0. The highest BCUT2D eigenvalue weighted by molar-refractivity contribution is 5.96. The number of oxime groups is 1. The zero-order valence-electron chi connectivity index (χ0n) is 24.2. The van der Waals surface area contributed by atoms with Crippen molar-refractivity contribution in [3.63, 3.8) is 0 Å². The predicted molar refractivity (Wildman–Crippen MR) is 148 cm³/mol. The molecule has 39 heavy (non-hydrogen) atoms. The third-order valence-electron chi connectivity index (χ3n) is 11.3. The van der Waals surface area contributed by atoms with Crippen LogP contribution < -0.4 is 5.32 Å². The Labute approximate surface area is 233 Å². The minimum Gasteiger partial charge on any atom is -0.481 e. The quantitative estimate of drug-likeness (QED) is 0.395. The lowest BCUT2D eigenvalue weighted by molar-refractivity contribution is -0.139. The molecule has 8 atom stereocenters. The van der Waals surface area contributed by atoms with E-state index in [1.807, 2.05) is 13.8 Å². The van der Waals surface area contributed by atoms with Crippen LogP contribution in [0.25, 0.3) is 0 Å². The Balaban J connectivity index is 1.18. The number of allylic oxidation sites excluding steroid dienone is 2. The zero-order valence-corrected chi connectivity index (χ0v) is 24.2. The fourth-order valence-electron chi connectivity index (χ4n) is 9.18. The summed E-state index contributed by atoms with van der Waals surface area (Å²) in [5.74, 6) is 0.772. The van der Waals surface area contributed by atoms with Crippen LogP contribution in [0.15, 0.2) is 16.8 Å². The monoisotopic (exact) mass is 544 g/mol. The van der Waals surface area contributed by atoms with Crippen molar-refractivity contribution in [1.29, 1.82) is 0 Å². The minimum atomic E-state index is -0.927. The van der Waals surface area contributed by atoms with Crippen molar-refractivity contribution >= 4 is 17.6 Å². The average Bonchev–Trinajstić information content (AvgIpc) is 3.17. The Bertz CT molecular complexity index is 1020. The SMILES string of the molecule is CC1(C)C[C@@H]([C@@H](CC(=O)O)NC(=O)CO/N=C2/C=C3CC[C@@H]4[C@H]5CC[C@@H](O)[C@@]5(C)CC[C@@H]4[C@@]3(C)CC2)CCO1. The second kappa shape index (κ2) is 10.8. The van der Waals surface area contributed by atoms with Crippen LogP contribution in [0.4, 0.5) is 0 Å². The summed E-state index contributed by atoms with van der Waals surface area (Å²) in [4.78, 5) is 29.7. The molecule has 0 radical (unpaired) electrons. The summed E-state index contributed by atoms with van der Waals surface area (Å²) >= 11 is 0. The number of nitrogens with one attached hydrogen (secondary N) is 1. The van der Waals surface area contributed by atoms with Gasteiger partial charge in [-0.25, -0.2) is 0 Å². The van der Waals surface area contributed by atoms with Crippen molar-refractivity contribution in [1.82, 2.24) is 5.32 Å². The molecular formula is C31H48N2O6. The Morgan fingerprint density at radius 3 is 2.64 bits per heavy atom. The van der Waals surface area contributed by atoms with Crippen molar-refractivity contribution < 1.29 is 29.4 Å². The fourth-order valence-corrected chi connectivity index (χ4v) is 9.18. The van der Waals surface area contributed by atoms with E-state index in [1.54, 1.807) is 0 Å². The molecule has 8 heteroatoms. The summed E-state index contributed by atoms with van der Waals surface area (Å²) in [6.07, 6.45) is 11.9. The number of aliphatic hydroxyl groups is 1. The summed E-state index contributed by atoms with van der Waals surface area (Å²) in [6.45, 7) is 9.10. The van der Waals surface area contributed by atoms with Crippen molar-refractivity contribution in [3.8, 4) is 0 Å². The molecule has 1 amide bonds. The zero-order chi connectivity index (χ0) is 28.0. The number of rotatable bonds is 7. The summed E-state index contributed by atoms with van der Waals surface area (Å²) in [5, 5.41) is 27.3. The number of carbonyl (C=O) groups is 2. The molecule has 0 bridgehead atoms. The van der Waals surface area contributed by atoms with Crippen molar-refractivity contribution in [3.05, 3.63) is 11.6 Å². The molecule has 0 aromatic carbocycles. The van der Waals surface area contributed by atoms with Crippen LogP contribution in [0.2, 0.25) is 0 Å². The lowest BCUT2D eigenvalue weighted by Gasteiger charge is -2.57. The maximum Gasteiger partial charge on any atom is 0.305 e. The van der Waals surface area contributed by atoms with Gasteiger partial charge < -0.3 is 25.1 Å². The first-order valence-corrected chi connectivity index (χ1v) is 15.1. The molecule has 0 aromatic rings. The molecule has 218 valence electrons. The topological polar surface area (TPSA) is 117 Å². The van der Waals surface area contributed by atoms with Gasteiger partial charge in [-0.1, -0.05) is 24.6 Å². The molecule has 1 aliphatic heterocycles. The van der Waals surface area contributed by atoms with Gasteiger partial charge in [0.1, 0.15) is 0 Å². The number of aliphatic hydroxyl groups excluding tert-OH is 1. The van der Waals surface area contributed by atoms with Crippen LogP contribution in [0.3, 0.4) is 0 Å². The van der Waals surface area contributed by atoms with Crippen LogP contribution in [-0.2, 0) is 19.2 Å². The minimum absolute atomic E-state index is 0.0427.